The van der Waals surface area contributed by atoms with Gasteiger partial charge < -0.3 is 30.5 Å². The van der Waals surface area contributed by atoms with E-state index in [0.29, 0.717) is 57.2 Å². The first-order valence-electron chi connectivity index (χ1n) is 19.0. The molecule has 0 bridgehead atoms. The molecular weight excluding hydrogens is 695 g/mol. The second-order valence-electron chi connectivity index (χ2n) is 14.6. The van der Waals surface area contributed by atoms with Crippen LogP contribution in [0.25, 0.3) is 0 Å². The Morgan fingerprint density at radius 3 is 2.04 bits per heavy atom. The molecule has 0 saturated carbocycles. The molecule has 0 aliphatic carbocycles. The number of hydrogen-bond acceptors (Lipinski definition) is 8. The molecule has 6 rings (SSSR count). The van der Waals surface area contributed by atoms with Crippen LogP contribution in [0.15, 0.2) is 60.7 Å². The van der Waals surface area contributed by atoms with Gasteiger partial charge in [0.25, 0.3) is 0 Å². The molecule has 4 aliphatic heterocycles. The van der Waals surface area contributed by atoms with E-state index in [2.05, 4.69) is 16.0 Å². The van der Waals surface area contributed by atoms with Crippen LogP contribution in [0.5, 0.6) is 0 Å². The number of carbonyl (C=O) groups is 6. The number of rotatable bonds is 12. The Morgan fingerprint density at radius 1 is 0.792 bits per heavy atom. The highest BCUT2D eigenvalue weighted by Gasteiger charge is 2.44. The van der Waals surface area contributed by atoms with Gasteiger partial charge in [0, 0.05) is 24.9 Å². The number of methoxy groups -OCH3 is 1. The van der Waals surface area contributed by atoms with Crippen LogP contribution in [0, 0.1) is 11.8 Å². The summed E-state index contributed by atoms with van der Waals surface area (Å²) in [5, 5.41) is 8.75. The molecule has 0 radical (unpaired) electrons. The van der Waals surface area contributed by atoms with Gasteiger partial charge in [-0.25, -0.2) is 4.79 Å². The number of hydrogen-bond donors (Lipinski definition) is 3. The maximum atomic E-state index is 14.2. The molecule has 13 heteroatoms. The van der Waals surface area contributed by atoms with Crippen molar-refractivity contribution in [2.24, 2.45) is 11.8 Å². The molecule has 4 aliphatic rings. The van der Waals surface area contributed by atoms with Gasteiger partial charge in [-0.15, -0.1) is 11.8 Å². The fourth-order valence-electron chi connectivity index (χ4n) is 8.17. The molecule has 53 heavy (non-hydrogen) atoms. The van der Waals surface area contributed by atoms with E-state index in [4.69, 9.17) is 4.74 Å². The van der Waals surface area contributed by atoms with E-state index in [9.17, 15) is 28.8 Å². The summed E-state index contributed by atoms with van der Waals surface area (Å²) in [5.74, 6) is -2.20. The lowest BCUT2D eigenvalue weighted by atomic mass is 9.86. The molecule has 5 amide bonds. The average Bonchev–Trinajstić information content (AvgIpc) is 3.41. The van der Waals surface area contributed by atoms with Crippen LogP contribution in [-0.4, -0.2) is 101 Å². The molecule has 4 saturated heterocycles. The minimum absolute atomic E-state index is 0.0237. The highest BCUT2D eigenvalue weighted by atomic mass is 32.2. The summed E-state index contributed by atoms with van der Waals surface area (Å²) in [6, 6.07) is 16.4. The Labute approximate surface area is 315 Å². The molecule has 284 valence electrons. The van der Waals surface area contributed by atoms with Gasteiger partial charge in [0.15, 0.2) is 0 Å². The van der Waals surface area contributed by atoms with Gasteiger partial charge in [-0.3, -0.25) is 24.0 Å². The molecule has 2 aromatic carbocycles. The Bertz CT molecular complexity index is 1630. The summed E-state index contributed by atoms with van der Waals surface area (Å²) in [7, 11) is 1.33. The largest absolute Gasteiger partial charge is 0.467 e. The van der Waals surface area contributed by atoms with E-state index in [1.165, 1.54) is 7.11 Å². The monoisotopic (exact) mass is 745 g/mol. The second-order valence-corrected chi connectivity index (χ2v) is 15.9. The van der Waals surface area contributed by atoms with Gasteiger partial charge in [0.1, 0.15) is 24.2 Å². The van der Waals surface area contributed by atoms with Gasteiger partial charge >= 0.3 is 5.97 Å². The summed E-state index contributed by atoms with van der Waals surface area (Å²) in [4.78, 5) is 84.7. The van der Waals surface area contributed by atoms with Gasteiger partial charge in [-0.2, -0.15) is 0 Å². The third-order valence-electron chi connectivity index (χ3n) is 11.1. The first kappa shape index (κ1) is 38.3. The predicted octanol–water partition coefficient (Wildman–Crippen LogP) is 2.98. The molecule has 12 nitrogen and oxygen atoms in total. The lowest BCUT2D eigenvalue weighted by Gasteiger charge is -2.40. The number of thioether (sulfide) groups is 1. The summed E-state index contributed by atoms with van der Waals surface area (Å²) >= 11 is 1.64. The lowest BCUT2D eigenvalue weighted by Crippen LogP contribution is -2.57. The molecule has 3 N–H and O–H groups in total. The number of carbonyl (C=O) groups excluding carboxylic acids is 6. The molecule has 0 aromatic heterocycles. The molecule has 7 atom stereocenters. The predicted molar refractivity (Wildman–Crippen MR) is 200 cm³/mol. The number of amides is 5. The summed E-state index contributed by atoms with van der Waals surface area (Å²) in [6.07, 6.45) is 6.35. The topological polar surface area (TPSA) is 154 Å². The van der Waals surface area contributed by atoms with Crippen molar-refractivity contribution in [3.8, 4) is 0 Å². The fraction of sp³-hybridized carbons (Fsp3) is 0.550. The van der Waals surface area contributed by atoms with Crippen molar-refractivity contribution in [2.75, 3.05) is 26.0 Å². The van der Waals surface area contributed by atoms with Crippen LogP contribution in [0.2, 0.25) is 0 Å². The standard InChI is InChI=1S/C40H51N5O7S/c1-52-40(51)33-16-10-17-34-45(33)39(50)30(20-22-53-34)42-35(46)28(23-26-11-4-2-5-12-26)18-19-29(24-27-13-6-3-7-14-27)36(47)43-31-25-41-37(48)32-15-8-9-21-44(32)38(31)49/h2-7,11-14,28-34H,8-10,15-25H2,1H3,(H,41,48)(H,42,46)(H,43,47). The van der Waals surface area contributed by atoms with Crippen molar-refractivity contribution in [1.29, 1.82) is 0 Å². The normalized spacial score (nSPS) is 25.8. The number of esters is 1. The van der Waals surface area contributed by atoms with Crippen molar-refractivity contribution in [3.63, 3.8) is 0 Å². The zero-order valence-electron chi connectivity index (χ0n) is 30.4. The third-order valence-corrected chi connectivity index (χ3v) is 12.4. The van der Waals surface area contributed by atoms with Crippen LogP contribution in [0.1, 0.15) is 68.9 Å². The van der Waals surface area contributed by atoms with Crippen molar-refractivity contribution < 1.29 is 33.5 Å². The summed E-state index contributed by atoms with van der Waals surface area (Å²) < 4.78 is 5.05. The minimum atomic E-state index is -0.886. The number of piperidine rings is 2. The van der Waals surface area contributed by atoms with Crippen LogP contribution in [0.3, 0.4) is 0 Å². The molecule has 2 aromatic rings. The number of benzene rings is 2. The van der Waals surface area contributed by atoms with E-state index in [0.717, 1.165) is 36.8 Å². The first-order valence-corrected chi connectivity index (χ1v) is 20.1. The van der Waals surface area contributed by atoms with E-state index in [-0.39, 0.29) is 41.5 Å². The fourth-order valence-corrected chi connectivity index (χ4v) is 9.56. The first-order chi connectivity index (χ1) is 25.7. The minimum Gasteiger partial charge on any atom is -0.467 e. The van der Waals surface area contributed by atoms with Crippen molar-refractivity contribution in [1.82, 2.24) is 25.8 Å². The molecule has 7 unspecified atom stereocenters. The zero-order valence-corrected chi connectivity index (χ0v) is 31.2. The third kappa shape index (κ3) is 9.41. The molecule has 0 spiro atoms. The SMILES string of the molecule is COC(=O)C1CCCC2SCCC(NC(=O)C(CCC(Cc3ccccc3)C(=O)NC3CNC(=O)C4CCCCN4C3=O)Cc3ccccc3)C(=O)N21. The van der Waals surface area contributed by atoms with Crippen molar-refractivity contribution >= 4 is 47.3 Å². The average molecular weight is 746 g/mol. The Kier molecular flexibility index (Phi) is 13.1. The van der Waals surface area contributed by atoms with E-state index in [1.54, 1.807) is 21.6 Å². The van der Waals surface area contributed by atoms with Crippen LogP contribution in [0.4, 0.5) is 0 Å². The van der Waals surface area contributed by atoms with Crippen molar-refractivity contribution in [3.05, 3.63) is 71.8 Å². The smallest absolute Gasteiger partial charge is 0.328 e. The Balaban J connectivity index is 1.19. The van der Waals surface area contributed by atoms with Crippen LogP contribution in [-0.2, 0) is 46.3 Å². The highest BCUT2D eigenvalue weighted by molar-refractivity contribution is 7.99. The number of nitrogens with zero attached hydrogens (tertiary/aromatic N) is 2. The molecule has 4 fully saturated rings. The van der Waals surface area contributed by atoms with Gasteiger partial charge in [0.2, 0.25) is 29.5 Å². The van der Waals surface area contributed by atoms with Gasteiger partial charge in [-0.05, 0) is 87.5 Å². The summed E-state index contributed by atoms with van der Waals surface area (Å²) in [6.45, 7) is 0.507. The van der Waals surface area contributed by atoms with E-state index in [1.807, 2.05) is 60.7 Å². The van der Waals surface area contributed by atoms with Crippen LogP contribution < -0.4 is 16.0 Å². The zero-order chi connectivity index (χ0) is 37.3. The number of fused-ring (bicyclic) bond motifs is 2. The Hall–Kier alpha value is -4.39. The maximum absolute atomic E-state index is 14.2. The summed E-state index contributed by atoms with van der Waals surface area (Å²) in [5.41, 5.74) is 1.91. The number of ether oxygens (including phenoxy) is 1. The van der Waals surface area contributed by atoms with Gasteiger partial charge in [-0.1, -0.05) is 60.7 Å². The number of nitrogens with one attached hydrogen (secondary N) is 3. The van der Waals surface area contributed by atoms with Gasteiger partial charge in [0.05, 0.1) is 12.5 Å². The van der Waals surface area contributed by atoms with Crippen LogP contribution >= 0.6 is 11.8 Å². The quantitative estimate of drug-likeness (QED) is 0.281. The molecular formula is C40H51N5O7S. The Morgan fingerprint density at radius 2 is 1.42 bits per heavy atom. The highest BCUT2D eigenvalue weighted by Crippen LogP contribution is 2.35. The van der Waals surface area contributed by atoms with E-state index >= 15 is 0 Å². The molecule has 4 heterocycles. The lowest BCUT2D eigenvalue weighted by molar-refractivity contribution is -0.156. The maximum Gasteiger partial charge on any atom is 0.328 e. The van der Waals surface area contributed by atoms with Crippen molar-refractivity contribution in [2.45, 2.75) is 100 Å². The van der Waals surface area contributed by atoms with E-state index < -0.39 is 42.0 Å². The second kappa shape index (κ2) is 18.1.